The van der Waals surface area contributed by atoms with E-state index in [1.807, 2.05) is 0 Å². The third-order valence-electron chi connectivity index (χ3n) is 2.47. The smallest absolute Gasteiger partial charge is 0.341 e. The minimum atomic E-state index is -0.548. The molecule has 0 heterocycles. The van der Waals surface area contributed by atoms with E-state index >= 15 is 0 Å². The molecular weight excluding hydrogens is 276 g/mol. The fourth-order valence-electron chi connectivity index (χ4n) is 1.50. The van der Waals surface area contributed by atoms with Crippen LogP contribution < -0.4 is 15.4 Å². The molecule has 1 aromatic carbocycles. The highest BCUT2D eigenvalue weighted by molar-refractivity contribution is 5.92. The number of methoxy groups -OCH3 is 1. The van der Waals surface area contributed by atoms with E-state index < -0.39 is 11.9 Å². The number of amides is 2. The molecule has 114 valence electrons. The van der Waals surface area contributed by atoms with Crippen LogP contribution in [0.4, 0.5) is 0 Å². The number of esters is 1. The lowest BCUT2D eigenvalue weighted by Crippen LogP contribution is -2.38. The molecular formula is C14H18N2O5. The number of hydrogen-bond acceptors (Lipinski definition) is 5. The van der Waals surface area contributed by atoms with Crippen molar-refractivity contribution in [3.63, 3.8) is 0 Å². The van der Waals surface area contributed by atoms with E-state index in [1.54, 1.807) is 25.1 Å². The summed E-state index contributed by atoms with van der Waals surface area (Å²) in [6, 6.07) is 6.43. The van der Waals surface area contributed by atoms with Gasteiger partial charge in [-0.25, -0.2) is 4.79 Å². The number of nitrogens with one attached hydrogen (secondary N) is 2. The highest BCUT2D eigenvalue weighted by Crippen LogP contribution is 2.18. The van der Waals surface area contributed by atoms with Crippen molar-refractivity contribution in [1.29, 1.82) is 0 Å². The molecule has 0 atom stereocenters. The molecule has 0 aliphatic heterocycles. The Hall–Kier alpha value is -2.57. The maximum Gasteiger partial charge on any atom is 0.341 e. The van der Waals surface area contributed by atoms with Crippen LogP contribution in [0.15, 0.2) is 24.3 Å². The summed E-state index contributed by atoms with van der Waals surface area (Å²) in [7, 11) is 1.26. The van der Waals surface area contributed by atoms with Crippen molar-refractivity contribution in [2.45, 2.75) is 6.92 Å². The fraction of sp³-hybridized carbons (Fsp3) is 0.357. The Morgan fingerprint density at radius 1 is 1.10 bits per heavy atom. The summed E-state index contributed by atoms with van der Waals surface area (Å²) in [5.41, 5.74) is 0.233. The van der Waals surface area contributed by atoms with Crippen molar-refractivity contribution in [3.05, 3.63) is 29.8 Å². The molecule has 0 bridgehead atoms. The van der Waals surface area contributed by atoms with Crippen LogP contribution in [-0.2, 0) is 14.3 Å². The van der Waals surface area contributed by atoms with Crippen molar-refractivity contribution in [2.24, 2.45) is 0 Å². The summed E-state index contributed by atoms with van der Waals surface area (Å²) in [5, 5.41) is 4.96. The monoisotopic (exact) mass is 294 g/mol. The normalized spacial score (nSPS) is 9.62. The molecule has 2 N–H and O–H groups in total. The number of carbonyl (C=O) groups excluding carboxylic acids is 3. The van der Waals surface area contributed by atoms with Crippen molar-refractivity contribution in [2.75, 3.05) is 26.8 Å². The van der Waals surface area contributed by atoms with Gasteiger partial charge in [-0.2, -0.15) is 0 Å². The molecule has 0 unspecified atom stereocenters. The molecule has 21 heavy (non-hydrogen) atoms. The first-order valence-electron chi connectivity index (χ1n) is 6.42. The quantitative estimate of drug-likeness (QED) is 0.696. The van der Waals surface area contributed by atoms with Gasteiger partial charge in [0.25, 0.3) is 5.91 Å². The summed E-state index contributed by atoms with van der Waals surface area (Å²) in [4.78, 5) is 34.2. The molecule has 0 spiro atoms. The highest BCUT2D eigenvalue weighted by Gasteiger charge is 2.13. The van der Waals surface area contributed by atoms with Crippen LogP contribution in [0.3, 0.4) is 0 Å². The van der Waals surface area contributed by atoms with Crippen LogP contribution >= 0.6 is 0 Å². The van der Waals surface area contributed by atoms with Crippen molar-refractivity contribution in [1.82, 2.24) is 10.6 Å². The van der Waals surface area contributed by atoms with Crippen molar-refractivity contribution < 1.29 is 23.9 Å². The third-order valence-corrected chi connectivity index (χ3v) is 2.47. The van der Waals surface area contributed by atoms with E-state index in [1.165, 1.54) is 13.2 Å². The minimum Gasteiger partial charge on any atom is -0.483 e. The first kappa shape index (κ1) is 16.5. The average molecular weight is 294 g/mol. The number of para-hydroxylation sites is 1. The molecule has 7 nitrogen and oxygen atoms in total. The molecule has 0 aromatic heterocycles. The van der Waals surface area contributed by atoms with Crippen LogP contribution in [0.2, 0.25) is 0 Å². The van der Waals surface area contributed by atoms with Crippen molar-refractivity contribution in [3.8, 4) is 5.75 Å². The largest absolute Gasteiger partial charge is 0.483 e. The highest BCUT2D eigenvalue weighted by atomic mass is 16.5. The molecule has 0 aliphatic carbocycles. The van der Waals surface area contributed by atoms with E-state index in [2.05, 4.69) is 15.4 Å². The van der Waals surface area contributed by atoms with Gasteiger partial charge in [0.15, 0.2) is 6.61 Å². The molecule has 7 heteroatoms. The van der Waals surface area contributed by atoms with E-state index in [0.29, 0.717) is 6.54 Å². The minimum absolute atomic E-state index is 0.116. The van der Waals surface area contributed by atoms with Crippen LogP contribution in [-0.4, -0.2) is 44.6 Å². The lowest BCUT2D eigenvalue weighted by molar-refractivity contribution is -0.127. The Morgan fingerprint density at radius 2 is 1.81 bits per heavy atom. The third kappa shape index (κ3) is 5.52. The van der Waals surface area contributed by atoms with Gasteiger partial charge in [0, 0.05) is 6.54 Å². The van der Waals surface area contributed by atoms with Gasteiger partial charge < -0.3 is 20.1 Å². The van der Waals surface area contributed by atoms with E-state index in [9.17, 15) is 14.4 Å². The Morgan fingerprint density at radius 3 is 2.48 bits per heavy atom. The summed E-state index contributed by atoms with van der Waals surface area (Å²) in [5.74, 6) is -1.03. The number of likely N-dealkylation sites (N-methyl/N-ethyl adjacent to an activating group) is 1. The van der Waals surface area contributed by atoms with Gasteiger partial charge in [-0.05, 0) is 19.1 Å². The maximum atomic E-state index is 11.5. The second kappa shape index (κ2) is 8.57. The molecule has 0 saturated carbocycles. The number of ether oxygens (including phenoxy) is 2. The topological polar surface area (TPSA) is 93.7 Å². The zero-order chi connectivity index (χ0) is 15.7. The summed E-state index contributed by atoms with van der Waals surface area (Å²) < 4.78 is 9.89. The first-order chi connectivity index (χ1) is 10.1. The summed E-state index contributed by atoms with van der Waals surface area (Å²) in [6.07, 6.45) is 0. The Bertz CT molecular complexity index is 516. The van der Waals surface area contributed by atoms with Gasteiger partial charge in [-0.15, -0.1) is 0 Å². The Kier molecular flexibility index (Phi) is 6.73. The van der Waals surface area contributed by atoms with E-state index in [0.717, 1.165) is 0 Å². The number of benzene rings is 1. The molecule has 2 amide bonds. The number of rotatable bonds is 7. The molecule has 0 saturated heterocycles. The summed E-state index contributed by atoms with van der Waals surface area (Å²) >= 11 is 0. The number of hydrogen-bond donors (Lipinski definition) is 2. The maximum absolute atomic E-state index is 11.5. The molecule has 0 radical (unpaired) electrons. The Balaban J connectivity index is 2.50. The van der Waals surface area contributed by atoms with Gasteiger partial charge in [0.2, 0.25) is 5.91 Å². The van der Waals surface area contributed by atoms with E-state index in [-0.39, 0.29) is 30.4 Å². The molecule has 0 fully saturated rings. The van der Waals surface area contributed by atoms with Crippen LogP contribution in [0.5, 0.6) is 5.75 Å². The van der Waals surface area contributed by atoms with Gasteiger partial charge in [-0.1, -0.05) is 12.1 Å². The summed E-state index contributed by atoms with van der Waals surface area (Å²) in [6.45, 7) is 1.87. The second-order valence-corrected chi connectivity index (χ2v) is 4.01. The van der Waals surface area contributed by atoms with Crippen molar-refractivity contribution >= 4 is 17.8 Å². The second-order valence-electron chi connectivity index (χ2n) is 4.01. The zero-order valence-corrected chi connectivity index (χ0v) is 12.0. The lowest BCUT2D eigenvalue weighted by Gasteiger charge is -2.10. The van der Waals surface area contributed by atoms with Crippen LogP contribution in [0, 0.1) is 0 Å². The molecule has 1 aromatic rings. The number of carbonyl (C=O) groups is 3. The van der Waals surface area contributed by atoms with Crippen LogP contribution in [0.25, 0.3) is 0 Å². The van der Waals surface area contributed by atoms with E-state index in [4.69, 9.17) is 4.74 Å². The molecule has 1 rings (SSSR count). The van der Waals surface area contributed by atoms with Gasteiger partial charge in [-0.3, -0.25) is 9.59 Å². The predicted octanol–water partition coefficient (Wildman–Crippen LogP) is 0.104. The molecule has 0 aliphatic rings. The van der Waals surface area contributed by atoms with Gasteiger partial charge >= 0.3 is 5.97 Å². The SMILES string of the molecule is CCNC(=O)CNC(=O)COc1ccccc1C(=O)OC. The standard InChI is InChI=1S/C14H18N2O5/c1-3-15-12(17)8-16-13(18)9-21-11-7-5-4-6-10(11)14(19)20-2/h4-7H,3,8-9H2,1-2H3,(H,15,17)(H,16,18). The first-order valence-corrected chi connectivity index (χ1v) is 6.42. The van der Waals surface area contributed by atoms with Gasteiger partial charge in [0.1, 0.15) is 11.3 Å². The Labute approximate surface area is 122 Å². The fourth-order valence-corrected chi connectivity index (χ4v) is 1.50. The van der Waals surface area contributed by atoms with Crippen LogP contribution in [0.1, 0.15) is 17.3 Å². The zero-order valence-electron chi connectivity index (χ0n) is 12.0. The van der Waals surface area contributed by atoms with Gasteiger partial charge in [0.05, 0.1) is 13.7 Å². The average Bonchev–Trinajstić information content (AvgIpc) is 2.50. The lowest BCUT2D eigenvalue weighted by atomic mass is 10.2. The predicted molar refractivity (Wildman–Crippen MR) is 75.0 cm³/mol.